The Kier molecular flexibility index (Phi) is 4.96. The van der Waals surface area contributed by atoms with Crippen LogP contribution in [0.3, 0.4) is 0 Å². The molecule has 6 heteroatoms. The predicted octanol–water partition coefficient (Wildman–Crippen LogP) is 4.23. The molecule has 0 bridgehead atoms. The normalized spacial score (nSPS) is 11.0. The molecule has 2 aromatic rings. The van der Waals surface area contributed by atoms with Crippen LogP contribution in [0.1, 0.15) is 39.2 Å². The van der Waals surface area contributed by atoms with E-state index in [1.807, 2.05) is 38.1 Å². The molecule has 0 saturated heterocycles. The van der Waals surface area contributed by atoms with E-state index in [1.165, 1.54) is 5.56 Å². The van der Waals surface area contributed by atoms with Gasteiger partial charge in [0.25, 0.3) is 0 Å². The second-order valence-corrected chi connectivity index (χ2v) is 5.50. The third kappa shape index (κ3) is 4.56. The molecule has 1 aromatic carbocycles. The lowest BCUT2D eigenvalue weighted by atomic mass is 10.0. The zero-order valence-electron chi connectivity index (χ0n) is 12.5. The van der Waals surface area contributed by atoms with Gasteiger partial charge in [0, 0.05) is 0 Å². The molecule has 0 saturated carbocycles. The summed E-state index contributed by atoms with van der Waals surface area (Å²) in [7, 11) is 0. The molecule has 0 fully saturated rings. The fourth-order valence-corrected chi connectivity index (χ4v) is 1.79. The molecule has 0 unspecified atom stereocenters. The van der Waals surface area contributed by atoms with Crippen molar-refractivity contribution in [2.75, 3.05) is 0 Å². The van der Waals surface area contributed by atoms with Crippen molar-refractivity contribution < 1.29 is 9.47 Å². The molecule has 1 heterocycles. The Morgan fingerprint density at radius 3 is 2.10 bits per heavy atom. The van der Waals surface area contributed by atoms with Crippen molar-refractivity contribution in [2.24, 2.45) is 0 Å². The summed E-state index contributed by atoms with van der Waals surface area (Å²) >= 11 is 5.84. The van der Waals surface area contributed by atoms with Crippen molar-refractivity contribution in [3.63, 3.8) is 0 Å². The Morgan fingerprint density at radius 2 is 1.52 bits per heavy atom. The quantitative estimate of drug-likeness (QED) is 0.827. The predicted molar refractivity (Wildman–Crippen MR) is 81.2 cm³/mol. The third-order valence-corrected chi connectivity index (χ3v) is 2.83. The fourth-order valence-electron chi connectivity index (χ4n) is 1.65. The summed E-state index contributed by atoms with van der Waals surface area (Å²) in [5, 5.41) is 0.0365. The van der Waals surface area contributed by atoms with Crippen LogP contribution >= 0.6 is 11.6 Å². The Bertz CT molecular complexity index is 600. The second-order valence-electron chi connectivity index (χ2n) is 5.16. The summed E-state index contributed by atoms with van der Waals surface area (Å²) in [6.45, 7) is 8.03. The molecule has 0 aliphatic heterocycles. The molecule has 0 N–H and O–H groups in total. The van der Waals surface area contributed by atoms with E-state index in [1.54, 1.807) is 0 Å². The summed E-state index contributed by atoms with van der Waals surface area (Å²) in [4.78, 5) is 11.9. The van der Waals surface area contributed by atoms with E-state index in [4.69, 9.17) is 21.1 Å². The zero-order chi connectivity index (χ0) is 15.4. The first-order valence-corrected chi connectivity index (χ1v) is 7.18. The van der Waals surface area contributed by atoms with Gasteiger partial charge in [0.1, 0.15) is 5.75 Å². The number of rotatable bonds is 5. The van der Waals surface area contributed by atoms with Crippen LogP contribution in [0.5, 0.6) is 17.8 Å². The van der Waals surface area contributed by atoms with E-state index in [9.17, 15) is 0 Å². The van der Waals surface area contributed by atoms with E-state index < -0.39 is 0 Å². The number of hydrogen-bond acceptors (Lipinski definition) is 5. The second kappa shape index (κ2) is 6.72. The van der Waals surface area contributed by atoms with Crippen molar-refractivity contribution in [3.05, 3.63) is 35.1 Å². The summed E-state index contributed by atoms with van der Waals surface area (Å²) < 4.78 is 11.0. The van der Waals surface area contributed by atoms with Crippen LogP contribution in [0.4, 0.5) is 0 Å². The SMILES string of the molecule is CC(C)Oc1nc(Cl)nc(Oc2ccc(C(C)C)cc2)n1. The number of ether oxygens (including phenoxy) is 2. The summed E-state index contributed by atoms with van der Waals surface area (Å²) in [5.41, 5.74) is 1.24. The van der Waals surface area contributed by atoms with Crippen molar-refractivity contribution >= 4 is 11.6 Å². The minimum absolute atomic E-state index is 0.0365. The summed E-state index contributed by atoms with van der Waals surface area (Å²) in [5.74, 6) is 1.11. The molecular weight excluding hydrogens is 290 g/mol. The Balaban J connectivity index is 2.16. The van der Waals surface area contributed by atoms with Crippen LogP contribution in [-0.2, 0) is 0 Å². The minimum atomic E-state index is -0.0540. The van der Waals surface area contributed by atoms with Crippen molar-refractivity contribution in [3.8, 4) is 17.8 Å². The molecule has 21 heavy (non-hydrogen) atoms. The molecule has 0 atom stereocenters. The van der Waals surface area contributed by atoms with Crippen molar-refractivity contribution in [1.29, 1.82) is 0 Å². The molecule has 2 rings (SSSR count). The molecule has 0 aliphatic rings. The lowest BCUT2D eigenvalue weighted by molar-refractivity contribution is 0.218. The van der Waals surface area contributed by atoms with Gasteiger partial charge in [0.15, 0.2) is 0 Å². The molecule has 0 amide bonds. The van der Waals surface area contributed by atoms with Gasteiger partial charge in [-0.25, -0.2) is 0 Å². The van der Waals surface area contributed by atoms with Gasteiger partial charge in [-0.15, -0.1) is 4.98 Å². The van der Waals surface area contributed by atoms with Crippen LogP contribution in [0.25, 0.3) is 0 Å². The smallest absolute Gasteiger partial charge is 0.329 e. The average molecular weight is 308 g/mol. The zero-order valence-corrected chi connectivity index (χ0v) is 13.3. The van der Waals surface area contributed by atoms with Crippen LogP contribution in [-0.4, -0.2) is 21.1 Å². The molecule has 0 radical (unpaired) electrons. The average Bonchev–Trinajstić information content (AvgIpc) is 2.37. The van der Waals surface area contributed by atoms with Gasteiger partial charge in [0.2, 0.25) is 5.28 Å². The van der Waals surface area contributed by atoms with Crippen molar-refractivity contribution in [1.82, 2.24) is 15.0 Å². The largest absolute Gasteiger partial charge is 0.461 e. The first kappa shape index (κ1) is 15.5. The van der Waals surface area contributed by atoms with E-state index >= 15 is 0 Å². The van der Waals surface area contributed by atoms with Gasteiger partial charge < -0.3 is 9.47 Å². The first-order chi connectivity index (χ1) is 9.94. The number of halogens is 1. The van der Waals surface area contributed by atoms with Gasteiger partial charge in [0.05, 0.1) is 6.10 Å². The molecule has 0 spiro atoms. The lowest BCUT2D eigenvalue weighted by Gasteiger charge is -2.10. The summed E-state index contributed by atoms with van der Waals surface area (Å²) in [6.07, 6.45) is -0.0540. The third-order valence-electron chi connectivity index (χ3n) is 2.66. The molecule has 112 valence electrons. The van der Waals surface area contributed by atoms with Gasteiger partial charge in [-0.2, -0.15) is 9.97 Å². The highest BCUT2D eigenvalue weighted by Crippen LogP contribution is 2.23. The molecular formula is C15H18ClN3O2. The maximum absolute atomic E-state index is 5.84. The van der Waals surface area contributed by atoms with Crippen molar-refractivity contribution in [2.45, 2.75) is 39.7 Å². The van der Waals surface area contributed by atoms with Gasteiger partial charge in [-0.1, -0.05) is 26.0 Å². The molecule has 1 aromatic heterocycles. The van der Waals surface area contributed by atoms with Crippen LogP contribution < -0.4 is 9.47 Å². The highest BCUT2D eigenvalue weighted by molar-refractivity contribution is 6.28. The van der Waals surface area contributed by atoms with Crippen LogP contribution in [0, 0.1) is 0 Å². The highest BCUT2D eigenvalue weighted by atomic mass is 35.5. The number of hydrogen-bond donors (Lipinski definition) is 0. The number of aromatic nitrogens is 3. The number of benzene rings is 1. The lowest BCUT2D eigenvalue weighted by Crippen LogP contribution is -2.09. The van der Waals surface area contributed by atoms with Crippen LogP contribution in [0.15, 0.2) is 24.3 Å². The van der Waals surface area contributed by atoms with E-state index in [2.05, 4.69) is 28.8 Å². The number of nitrogens with zero attached hydrogens (tertiary/aromatic N) is 3. The summed E-state index contributed by atoms with van der Waals surface area (Å²) in [6, 6.07) is 8.02. The topological polar surface area (TPSA) is 57.1 Å². The monoisotopic (exact) mass is 307 g/mol. The van der Waals surface area contributed by atoms with Gasteiger partial charge in [-0.3, -0.25) is 0 Å². The molecule has 5 nitrogen and oxygen atoms in total. The standard InChI is InChI=1S/C15H18ClN3O2/c1-9(2)11-5-7-12(8-6-11)21-15-18-13(16)17-14(19-15)20-10(3)4/h5-10H,1-4H3. The van der Waals surface area contributed by atoms with E-state index in [-0.39, 0.29) is 23.4 Å². The molecule has 0 aliphatic carbocycles. The fraction of sp³-hybridized carbons (Fsp3) is 0.400. The van der Waals surface area contributed by atoms with Gasteiger partial charge >= 0.3 is 12.0 Å². The highest BCUT2D eigenvalue weighted by Gasteiger charge is 2.10. The Hall–Kier alpha value is -1.88. The van der Waals surface area contributed by atoms with E-state index in [0.29, 0.717) is 11.7 Å². The maximum Gasteiger partial charge on any atom is 0.329 e. The first-order valence-electron chi connectivity index (χ1n) is 6.80. The van der Waals surface area contributed by atoms with E-state index in [0.717, 1.165) is 0 Å². The van der Waals surface area contributed by atoms with Crippen LogP contribution in [0.2, 0.25) is 5.28 Å². The van der Waals surface area contributed by atoms with Gasteiger partial charge in [-0.05, 0) is 49.1 Å². The Morgan fingerprint density at radius 1 is 0.905 bits per heavy atom. The Labute approximate surface area is 129 Å². The maximum atomic E-state index is 5.84. The minimum Gasteiger partial charge on any atom is -0.461 e.